The maximum absolute atomic E-state index is 12.7. The minimum Gasteiger partial charge on any atom is -0.481 e. The average Bonchev–Trinajstić information content (AvgIpc) is 3.03. The van der Waals surface area contributed by atoms with Gasteiger partial charge in [-0.2, -0.15) is 0 Å². The van der Waals surface area contributed by atoms with Crippen LogP contribution < -0.4 is 10.1 Å². The number of nitrogens with one attached hydrogen (secondary N) is 1. The predicted molar refractivity (Wildman–Crippen MR) is 120 cm³/mol. The molecule has 0 bridgehead atoms. The number of anilines is 1. The number of benzene rings is 3. The Balaban J connectivity index is 1.59. The molecule has 3 aromatic carbocycles. The van der Waals surface area contributed by atoms with Gasteiger partial charge in [-0.1, -0.05) is 30.3 Å². The number of ether oxygens (including phenoxy) is 1. The second-order valence-electron chi connectivity index (χ2n) is 7.51. The zero-order valence-corrected chi connectivity index (χ0v) is 17.3. The van der Waals surface area contributed by atoms with Gasteiger partial charge in [-0.25, -0.2) is 0 Å². The fourth-order valence-corrected chi connectivity index (χ4v) is 3.79. The molecule has 1 N–H and O–H groups in total. The molecule has 1 atom stereocenters. The van der Waals surface area contributed by atoms with Gasteiger partial charge in [-0.05, 0) is 69.2 Å². The third-order valence-corrected chi connectivity index (χ3v) is 5.37. The third kappa shape index (κ3) is 3.58. The van der Waals surface area contributed by atoms with Crippen molar-refractivity contribution in [2.24, 2.45) is 0 Å². The van der Waals surface area contributed by atoms with Gasteiger partial charge in [-0.15, -0.1) is 0 Å². The Hall–Kier alpha value is -3.27. The highest BCUT2D eigenvalue weighted by Gasteiger charge is 2.17. The summed E-state index contributed by atoms with van der Waals surface area (Å²) in [5.41, 5.74) is 5.28. The van der Waals surface area contributed by atoms with Crippen LogP contribution in [-0.4, -0.2) is 16.6 Å². The monoisotopic (exact) mass is 386 g/mol. The summed E-state index contributed by atoms with van der Waals surface area (Å²) >= 11 is 0. The summed E-state index contributed by atoms with van der Waals surface area (Å²) in [6, 6.07) is 20.5. The van der Waals surface area contributed by atoms with Crippen molar-refractivity contribution in [2.75, 3.05) is 5.32 Å². The molecule has 1 heterocycles. The van der Waals surface area contributed by atoms with Crippen LogP contribution in [0.2, 0.25) is 0 Å². The third-order valence-electron chi connectivity index (χ3n) is 5.37. The van der Waals surface area contributed by atoms with Crippen molar-refractivity contribution in [1.29, 1.82) is 0 Å². The Labute approximate surface area is 171 Å². The summed E-state index contributed by atoms with van der Waals surface area (Å²) in [5.74, 6) is 0.582. The fourth-order valence-electron chi connectivity index (χ4n) is 3.79. The van der Waals surface area contributed by atoms with Gasteiger partial charge in [0.1, 0.15) is 5.75 Å². The van der Waals surface area contributed by atoms with Crippen LogP contribution in [0.3, 0.4) is 0 Å². The number of rotatable bonds is 5. The molecule has 148 valence electrons. The molecule has 29 heavy (non-hydrogen) atoms. The lowest BCUT2D eigenvalue weighted by Crippen LogP contribution is -2.30. The Morgan fingerprint density at radius 3 is 2.55 bits per heavy atom. The van der Waals surface area contributed by atoms with Gasteiger partial charge in [0.25, 0.3) is 5.91 Å². The first-order chi connectivity index (χ1) is 14.0. The van der Waals surface area contributed by atoms with E-state index < -0.39 is 6.10 Å². The lowest BCUT2D eigenvalue weighted by atomic mass is 10.1. The SMILES string of the molecule is CCn1c2ccccc2c2cc(NC(=O)C(C)Oc3cc(C)ccc3C)ccc21. The second kappa shape index (κ2) is 7.63. The highest BCUT2D eigenvalue weighted by atomic mass is 16.5. The number of carbonyl (C=O) groups is 1. The van der Waals surface area contributed by atoms with Crippen LogP contribution in [0.5, 0.6) is 5.75 Å². The average molecular weight is 386 g/mol. The van der Waals surface area contributed by atoms with Gasteiger partial charge in [-0.3, -0.25) is 4.79 Å². The fraction of sp³-hybridized carbons (Fsp3) is 0.240. The lowest BCUT2D eigenvalue weighted by Gasteiger charge is -2.17. The second-order valence-corrected chi connectivity index (χ2v) is 7.51. The molecule has 0 aliphatic heterocycles. The van der Waals surface area contributed by atoms with Gasteiger partial charge < -0.3 is 14.6 Å². The molecule has 4 heteroatoms. The van der Waals surface area contributed by atoms with Crippen molar-refractivity contribution >= 4 is 33.4 Å². The predicted octanol–water partition coefficient (Wildman–Crippen LogP) is 5.84. The minimum atomic E-state index is -0.594. The van der Waals surface area contributed by atoms with Gasteiger partial charge >= 0.3 is 0 Å². The zero-order valence-electron chi connectivity index (χ0n) is 17.3. The van der Waals surface area contributed by atoms with E-state index in [1.807, 2.05) is 50.2 Å². The van der Waals surface area contributed by atoms with Gasteiger partial charge in [0.05, 0.1) is 0 Å². The molecule has 0 saturated carbocycles. The topological polar surface area (TPSA) is 43.3 Å². The standard InChI is InChI=1S/C25H26N2O2/c1-5-27-22-9-7-6-8-20(22)21-15-19(12-13-23(21)27)26-25(28)18(4)29-24-14-16(2)10-11-17(24)3/h6-15,18H,5H2,1-4H3,(H,26,28). The highest BCUT2D eigenvalue weighted by Crippen LogP contribution is 2.31. The molecule has 1 unspecified atom stereocenters. The van der Waals surface area contributed by atoms with Crippen molar-refractivity contribution in [3.63, 3.8) is 0 Å². The summed E-state index contributed by atoms with van der Waals surface area (Å²) in [4.78, 5) is 12.7. The van der Waals surface area contributed by atoms with Crippen LogP contribution in [0.4, 0.5) is 5.69 Å². The highest BCUT2D eigenvalue weighted by molar-refractivity contribution is 6.10. The van der Waals surface area contributed by atoms with Crippen molar-refractivity contribution < 1.29 is 9.53 Å². The largest absolute Gasteiger partial charge is 0.481 e. The molecule has 0 spiro atoms. The van der Waals surface area contributed by atoms with Gasteiger partial charge in [0.15, 0.2) is 6.10 Å². The molecule has 1 amide bonds. The number of amides is 1. The van der Waals surface area contributed by atoms with Crippen molar-refractivity contribution in [3.05, 3.63) is 71.8 Å². The quantitative estimate of drug-likeness (QED) is 0.468. The first-order valence-corrected chi connectivity index (χ1v) is 10.0. The Morgan fingerprint density at radius 1 is 1.00 bits per heavy atom. The summed E-state index contributed by atoms with van der Waals surface area (Å²) in [6.45, 7) is 8.82. The van der Waals surface area contributed by atoms with Crippen molar-refractivity contribution in [1.82, 2.24) is 4.57 Å². The Kier molecular flexibility index (Phi) is 5.01. The summed E-state index contributed by atoms with van der Waals surface area (Å²) in [5, 5.41) is 5.34. The number of aromatic nitrogens is 1. The van der Waals surface area contributed by atoms with Crippen LogP contribution >= 0.6 is 0 Å². The van der Waals surface area contributed by atoms with Crippen molar-refractivity contribution in [2.45, 2.75) is 40.3 Å². The normalized spacial score (nSPS) is 12.3. The van der Waals surface area contributed by atoms with E-state index in [9.17, 15) is 4.79 Å². The molecule has 0 radical (unpaired) electrons. The molecular weight excluding hydrogens is 360 g/mol. The first-order valence-electron chi connectivity index (χ1n) is 10.0. The Morgan fingerprint density at radius 2 is 1.76 bits per heavy atom. The number of para-hydroxylation sites is 1. The van der Waals surface area contributed by atoms with Crippen LogP contribution in [0.25, 0.3) is 21.8 Å². The smallest absolute Gasteiger partial charge is 0.265 e. The van der Waals surface area contributed by atoms with E-state index in [4.69, 9.17) is 4.74 Å². The number of fused-ring (bicyclic) bond motifs is 3. The van der Waals surface area contributed by atoms with E-state index in [-0.39, 0.29) is 5.91 Å². The molecule has 4 rings (SSSR count). The van der Waals surface area contributed by atoms with E-state index in [2.05, 4.69) is 41.1 Å². The molecule has 0 aliphatic carbocycles. The van der Waals surface area contributed by atoms with E-state index in [0.29, 0.717) is 0 Å². The minimum absolute atomic E-state index is 0.163. The maximum Gasteiger partial charge on any atom is 0.265 e. The number of nitrogens with zero attached hydrogens (tertiary/aromatic N) is 1. The number of aryl methyl sites for hydroxylation is 3. The maximum atomic E-state index is 12.7. The summed E-state index contributed by atoms with van der Waals surface area (Å²) < 4.78 is 8.22. The molecule has 4 aromatic rings. The van der Waals surface area contributed by atoms with Crippen LogP contribution in [0.15, 0.2) is 60.7 Å². The summed E-state index contributed by atoms with van der Waals surface area (Å²) in [7, 11) is 0. The first kappa shape index (κ1) is 19.1. The molecule has 4 nitrogen and oxygen atoms in total. The zero-order chi connectivity index (χ0) is 20.5. The Bertz CT molecular complexity index is 1210. The van der Waals surface area contributed by atoms with Gasteiger partial charge in [0.2, 0.25) is 0 Å². The molecule has 1 aromatic heterocycles. The van der Waals surface area contributed by atoms with Crippen molar-refractivity contribution in [3.8, 4) is 5.75 Å². The number of hydrogen-bond acceptors (Lipinski definition) is 2. The van der Waals surface area contributed by atoms with E-state index in [0.717, 1.165) is 34.5 Å². The van der Waals surface area contributed by atoms with Crippen LogP contribution in [-0.2, 0) is 11.3 Å². The molecular formula is C25H26N2O2. The number of carbonyl (C=O) groups excluding carboxylic acids is 1. The molecule has 0 saturated heterocycles. The lowest BCUT2D eigenvalue weighted by molar-refractivity contribution is -0.122. The molecule has 0 fully saturated rings. The van der Waals surface area contributed by atoms with E-state index in [1.54, 1.807) is 6.92 Å². The van der Waals surface area contributed by atoms with Crippen LogP contribution in [0, 0.1) is 13.8 Å². The van der Waals surface area contributed by atoms with Crippen LogP contribution in [0.1, 0.15) is 25.0 Å². The van der Waals surface area contributed by atoms with Gasteiger partial charge in [0, 0.05) is 34.0 Å². The van der Waals surface area contributed by atoms with E-state index in [1.165, 1.54) is 16.4 Å². The molecule has 0 aliphatic rings. The summed E-state index contributed by atoms with van der Waals surface area (Å²) in [6.07, 6.45) is -0.594. The van der Waals surface area contributed by atoms with E-state index >= 15 is 0 Å². The number of hydrogen-bond donors (Lipinski definition) is 1.